The Labute approximate surface area is 127 Å². The van der Waals surface area contributed by atoms with E-state index >= 15 is 0 Å². The van der Waals surface area contributed by atoms with Gasteiger partial charge in [0.25, 0.3) is 0 Å². The summed E-state index contributed by atoms with van der Waals surface area (Å²) < 4.78 is 0. The summed E-state index contributed by atoms with van der Waals surface area (Å²) >= 11 is 1.55. The molecule has 1 unspecified atom stereocenters. The highest BCUT2D eigenvalue weighted by molar-refractivity contribution is 7.11. The molecule has 2 amide bonds. The summed E-state index contributed by atoms with van der Waals surface area (Å²) in [6.45, 7) is 0. The van der Waals surface area contributed by atoms with Crippen LogP contribution in [-0.4, -0.2) is 40.7 Å². The molecule has 1 aromatic heterocycles. The number of amides is 2. The molecule has 0 saturated heterocycles. The van der Waals surface area contributed by atoms with Crippen LogP contribution in [0.3, 0.4) is 0 Å². The summed E-state index contributed by atoms with van der Waals surface area (Å²) in [5, 5.41) is 8.88. The largest absolute Gasteiger partial charge is 0.340 e. The Morgan fingerprint density at radius 1 is 1.33 bits per heavy atom. The maximum absolute atomic E-state index is 12.4. The Balaban J connectivity index is 1.95. The van der Waals surface area contributed by atoms with Crippen LogP contribution in [0, 0.1) is 0 Å². The monoisotopic (exact) mass is 300 g/mol. The van der Waals surface area contributed by atoms with E-state index in [1.807, 2.05) is 35.7 Å². The standard InChI is InChI=1S/C15H16N4OS/c1-18(2)15(20)19-13(11-6-4-3-5-7-11)10-12(17-19)14-16-8-9-21-14/h3-9,13H,10H2,1-2H3. The van der Waals surface area contributed by atoms with Gasteiger partial charge in [0.1, 0.15) is 5.01 Å². The zero-order chi connectivity index (χ0) is 14.8. The van der Waals surface area contributed by atoms with Crippen molar-refractivity contribution < 1.29 is 4.79 Å². The molecule has 1 aliphatic rings. The molecule has 6 heteroatoms. The van der Waals surface area contributed by atoms with Crippen molar-refractivity contribution in [2.45, 2.75) is 12.5 Å². The third kappa shape index (κ3) is 2.67. The smallest absolute Gasteiger partial charge is 0.329 e. The van der Waals surface area contributed by atoms with Crippen LogP contribution in [0.1, 0.15) is 23.0 Å². The van der Waals surface area contributed by atoms with E-state index in [0.29, 0.717) is 6.42 Å². The molecule has 0 N–H and O–H groups in total. The number of carbonyl (C=O) groups excluding carboxylic acids is 1. The predicted molar refractivity (Wildman–Crippen MR) is 83.4 cm³/mol. The number of hydrazone groups is 1. The van der Waals surface area contributed by atoms with E-state index in [9.17, 15) is 4.79 Å². The molecular weight excluding hydrogens is 284 g/mol. The second-order valence-electron chi connectivity index (χ2n) is 5.04. The van der Waals surface area contributed by atoms with Gasteiger partial charge < -0.3 is 4.90 Å². The maximum atomic E-state index is 12.4. The van der Waals surface area contributed by atoms with Crippen molar-refractivity contribution in [3.63, 3.8) is 0 Å². The number of thiazole rings is 1. The number of urea groups is 1. The van der Waals surface area contributed by atoms with Gasteiger partial charge in [0.15, 0.2) is 0 Å². The van der Waals surface area contributed by atoms with E-state index in [2.05, 4.69) is 10.1 Å². The number of nitrogens with zero attached hydrogens (tertiary/aromatic N) is 4. The molecule has 1 aromatic carbocycles. The molecule has 108 valence electrons. The Morgan fingerprint density at radius 3 is 2.71 bits per heavy atom. The molecule has 0 saturated carbocycles. The third-order valence-corrected chi connectivity index (χ3v) is 4.17. The molecule has 2 aromatic rings. The molecular formula is C15H16N4OS. The first-order valence-corrected chi connectivity index (χ1v) is 7.57. The van der Waals surface area contributed by atoms with Crippen molar-refractivity contribution in [2.24, 2.45) is 5.10 Å². The van der Waals surface area contributed by atoms with E-state index in [0.717, 1.165) is 16.3 Å². The lowest BCUT2D eigenvalue weighted by atomic mass is 10.0. The lowest BCUT2D eigenvalue weighted by Gasteiger charge is -2.24. The Hall–Kier alpha value is -2.21. The Morgan fingerprint density at radius 2 is 2.10 bits per heavy atom. The van der Waals surface area contributed by atoms with Gasteiger partial charge in [0, 0.05) is 32.1 Å². The average molecular weight is 300 g/mol. The van der Waals surface area contributed by atoms with Crippen molar-refractivity contribution in [1.29, 1.82) is 0 Å². The minimum absolute atomic E-state index is 0.0694. The average Bonchev–Trinajstić information content (AvgIpc) is 3.16. The van der Waals surface area contributed by atoms with Crippen LogP contribution < -0.4 is 0 Å². The Kier molecular flexibility index (Phi) is 3.70. The van der Waals surface area contributed by atoms with Crippen molar-refractivity contribution in [1.82, 2.24) is 14.9 Å². The lowest BCUT2D eigenvalue weighted by Crippen LogP contribution is -2.36. The molecule has 21 heavy (non-hydrogen) atoms. The van der Waals surface area contributed by atoms with Crippen LogP contribution in [0.15, 0.2) is 47.0 Å². The number of hydrogen-bond donors (Lipinski definition) is 0. The topological polar surface area (TPSA) is 48.8 Å². The Bertz CT molecular complexity index is 652. The first-order chi connectivity index (χ1) is 10.2. The second-order valence-corrected chi connectivity index (χ2v) is 5.93. The van der Waals surface area contributed by atoms with E-state index in [1.165, 1.54) is 0 Å². The van der Waals surface area contributed by atoms with Gasteiger partial charge in [-0.25, -0.2) is 14.8 Å². The van der Waals surface area contributed by atoms with Gasteiger partial charge in [-0.1, -0.05) is 30.3 Å². The highest BCUT2D eigenvalue weighted by Gasteiger charge is 2.34. The summed E-state index contributed by atoms with van der Waals surface area (Å²) in [4.78, 5) is 18.2. The van der Waals surface area contributed by atoms with Crippen LogP contribution in [0.5, 0.6) is 0 Å². The molecule has 1 atom stereocenters. The zero-order valence-corrected chi connectivity index (χ0v) is 12.7. The first-order valence-electron chi connectivity index (χ1n) is 6.69. The number of benzene rings is 1. The van der Waals surface area contributed by atoms with Gasteiger partial charge in [0.2, 0.25) is 0 Å². The fraction of sp³-hybridized carbons (Fsp3) is 0.267. The molecule has 0 fully saturated rings. The minimum Gasteiger partial charge on any atom is -0.329 e. The molecule has 0 spiro atoms. The SMILES string of the molecule is CN(C)C(=O)N1N=C(c2nccs2)CC1c1ccccc1. The van der Waals surface area contributed by atoms with Crippen LogP contribution >= 0.6 is 11.3 Å². The number of rotatable bonds is 2. The lowest BCUT2D eigenvalue weighted by molar-refractivity contribution is 0.159. The van der Waals surface area contributed by atoms with Gasteiger partial charge in [-0.05, 0) is 5.56 Å². The summed E-state index contributed by atoms with van der Waals surface area (Å²) in [6, 6.07) is 9.81. The molecule has 3 rings (SSSR count). The normalized spacial score (nSPS) is 17.7. The van der Waals surface area contributed by atoms with Crippen molar-refractivity contribution in [2.75, 3.05) is 14.1 Å². The quantitative estimate of drug-likeness (QED) is 0.856. The molecule has 0 aliphatic carbocycles. The van der Waals surface area contributed by atoms with E-state index in [-0.39, 0.29) is 12.1 Å². The van der Waals surface area contributed by atoms with E-state index in [1.54, 1.807) is 41.5 Å². The summed E-state index contributed by atoms with van der Waals surface area (Å²) in [5.74, 6) is 0. The molecule has 1 aliphatic heterocycles. The van der Waals surface area contributed by atoms with Crippen LogP contribution in [0.2, 0.25) is 0 Å². The van der Waals surface area contributed by atoms with Gasteiger partial charge in [-0.3, -0.25) is 0 Å². The van der Waals surface area contributed by atoms with Crippen LogP contribution in [0.4, 0.5) is 4.79 Å². The summed E-state index contributed by atoms with van der Waals surface area (Å²) in [5.41, 5.74) is 1.96. The fourth-order valence-corrected chi connectivity index (χ4v) is 2.95. The molecule has 2 heterocycles. The number of aromatic nitrogens is 1. The number of carbonyl (C=O) groups is 1. The summed E-state index contributed by atoms with van der Waals surface area (Å²) in [7, 11) is 3.47. The van der Waals surface area contributed by atoms with Gasteiger partial charge in [-0.15, -0.1) is 11.3 Å². The first kappa shape index (κ1) is 13.8. The van der Waals surface area contributed by atoms with Crippen molar-refractivity contribution >= 4 is 23.1 Å². The van der Waals surface area contributed by atoms with E-state index < -0.39 is 0 Å². The zero-order valence-electron chi connectivity index (χ0n) is 11.9. The second kappa shape index (κ2) is 5.65. The highest BCUT2D eigenvalue weighted by Crippen LogP contribution is 2.33. The van der Waals surface area contributed by atoms with Crippen molar-refractivity contribution in [3.8, 4) is 0 Å². The van der Waals surface area contributed by atoms with Crippen LogP contribution in [-0.2, 0) is 0 Å². The third-order valence-electron chi connectivity index (χ3n) is 3.35. The minimum atomic E-state index is -0.115. The van der Waals surface area contributed by atoms with Gasteiger partial charge in [-0.2, -0.15) is 5.10 Å². The molecule has 0 bridgehead atoms. The highest BCUT2D eigenvalue weighted by atomic mass is 32.1. The maximum Gasteiger partial charge on any atom is 0.340 e. The van der Waals surface area contributed by atoms with Crippen LogP contribution in [0.25, 0.3) is 0 Å². The fourth-order valence-electron chi connectivity index (χ4n) is 2.32. The van der Waals surface area contributed by atoms with E-state index in [4.69, 9.17) is 0 Å². The van der Waals surface area contributed by atoms with Crippen molar-refractivity contribution in [3.05, 3.63) is 52.5 Å². The molecule has 0 radical (unpaired) electrons. The number of hydrogen-bond acceptors (Lipinski definition) is 4. The predicted octanol–water partition coefficient (Wildman–Crippen LogP) is 2.98. The van der Waals surface area contributed by atoms with Gasteiger partial charge >= 0.3 is 6.03 Å². The summed E-state index contributed by atoms with van der Waals surface area (Å²) in [6.07, 6.45) is 2.45. The van der Waals surface area contributed by atoms with Gasteiger partial charge in [0.05, 0.1) is 11.8 Å². The molecule has 5 nitrogen and oxygen atoms in total.